The second-order valence-corrected chi connectivity index (χ2v) is 8.98. The molecule has 39 heavy (non-hydrogen) atoms. The fourth-order valence-electron chi connectivity index (χ4n) is 3.21. The zero-order valence-electron chi connectivity index (χ0n) is 20.2. The van der Waals surface area contributed by atoms with Crippen LogP contribution >= 0.6 is 11.3 Å². The molecule has 10 nitrogen and oxygen atoms in total. The number of carbonyl (C=O) groups is 2. The van der Waals surface area contributed by atoms with E-state index in [0.29, 0.717) is 13.2 Å². The lowest BCUT2D eigenvalue weighted by Gasteiger charge is -2.34. The maximum absolute atomic E-state index is 10.6. The van der Waals surface area contributed by atoms with Gasteiger partial charge in [-0.1, -0.05) is 6.07 Å². The Hall–Kier alpha value is -3.57. The number of pyridine rings is 1. The van der Waals surface area contributed by atoms with Crippen molar-refractivity contribution in [1.29, 1.82) is 0 Å². The number of hydrogen-bond donors (Lipinski definition) is 2. The highest BCUT2D eigenvalue weighted by molar-refractivity contribution is 7.09. The van der Waals surface area contributed by atoms with E-state index in [1.165, 1.54) is 5.69 Å². The third kappa shape index (κ3) is 11.0. The fraction of sp³-hybridized carbons (Fsp3) is 0.409. The van der Waals surface area contributed by atoms with Crippen LogP contribution in [0.3, 0.4) is 0 Å². The molecule has 0 bridgehead atoms. The Balaban J connectivity index is 0.000000317. The normalized spacial score (nSPS) is 15.3. The minimum Gasteiger partial charge on any atom is -0.475 e. The molecule has 4 heterocycles. The van der Waals surface area contributed by atoms with Crippen LogP contribution in [0.1, 0.15) is 28.1 Å². The molecule has 1 atom stereocenters. The molecule has 1 aliphatic heterocycles. The van der Waals surface area contributed by atoms with Gasteiger partial charge < -0.3 is 19.5 Å². The standard InChI is InChI=1S/C18H21N5OS.2C2HF3O2/c1-14-21-16(12-25-14)7-22-8-17-6-19-13-23(17)18(9-22)11-24-10-15-4-2-3-5-20-15;2*3-2(4,5)1(6)7/h2-6,12-13,18H,7-11H2,1H3;2*(H,6,7). The predicted octanol–water partition coefficient (Wildman–Crippen LogP) is 4.08. The van der Waals surface area contributed by atoms with Gasteiger partial charge in [0, 0.05) is 37.4 Å². The first-order valence-electron chi connectivity index (χ1n) is 10.9. The topological polar surface area (TPSA) is 131 Å². The van der Waals surface area contributed by atoms with Crippen LogP contribution in [-0.4, -0.2) is 72.1 Å². The number of carboxylic acids is 2. The number of hydrogen-bond acceptors (Lipinski definition) is 8. The average Bonchev–Trinajstić information content (AvgIpc) is 3.48. The molecule has 4 rings (SSSR count). The predicted molar refractivity (Wildman–Crippen MR) is 124 cm³/mol. The van der Waals surface area contributed by atoms with Crippen molar-refractivity contribution >= 4 is 23.3 Å². The number of aromatic nitrogens is 4. The lowest BCUT2D eigenvalue weighted by atomic mass is 10.2. The zero-order valence-corrected chi connectivity index (χ0v) is 21.0. The van der Waals surface area contributed by atoms with E-state index in [4.69, 9.17) is 24.5 Å². The lowest BCUT2D eigenvalue weighted by Crippen LogP contribution is -2.38. The number of alkyl halides is 6. The first kappa shape index (κ1) is 31.6. The van der Waals surface area contributed by atoms with Crippen LogP contribution in [0.4, 0.5) is 26.3 Å². The number of imidazole rings is 1. The van der Waals surface area contributed by atoms with E-state index >= 15 is 0 Å². The SMILES string of the molecule is Cc1nc(CN2Cc3cncn3C(COCc3ccccn3)C2)cs1.O=C(O)C(F)(F)F.O=C(O)C(F)(F)F. The summed E-state index contributed by atoms with van der Waals surface area (Å²) in [5.74, 6) is -5.51. The van der Waals surface area contributed by atoms with Crippen LogP contribution in [0.25, 0.3) is 0 Å². The molecule has 0 amide bonds. The minimum absolute atomic E-state index is 0.259. The number of carboxylic acid groups (broad SMARTS) is 2. The summed E-state index contributed by atoms with van der Waals surface area (Å²) in [6.07, 6.45) is -4.51. The van der Waals surface area contributed by atoms with Crippen molar-refractivity contribution in [1.82, 2.24) is 24.4 Å². The van der Waals surface area contributed by atoms with Crippen molar-refractivity contribution in [2.45, 2.75) is 45.0 Å². The first-order valence-corrected chi connectivity index (χ1v) is 11.8. The van der Waals surface area contributed by atoms with E-state index in [0.717, 1.165) is 36.0 Å². The maximum Gasteiger partial charge on any atom is 0.490 e. The van der Waals surface area contributed by atoms with Crippen LogP contribution in [0.2, 0.25) is 0 Å². The van der Waals surface area contributed by atoms with Gasteiger partial charge in [0.05, 0.1) is 47.7 Å². The van der Waals surface area contributed by atoms with Gasteiger partial charge in [-0.15, -0.1) is 11.3 Å². The highest BCUT2D eigenvalue weighted by Crippen LogP contribution is 2.23. The van der Waals surface area contributed by atoms with Crippen molar-refractivity contribution in [2.24, 2.45) is 0 Å². The Bertz CT molecular complexity index is 1180. The van der Waals surface area contributed by atoms with E-state index in [-0.39, 0.29) is 6.04 Å². The van der Waals surface area contributed by atoms with E-state index in [1.54, 1.807) is 17.5 Å². The lowest BCUT2D eigenvalue weighted by molar-refractivity contribution is -0.193. The Morgan fingerprint density at radius 2 is 1.74 bits per heavy atom. The summed E-state index contributed by atoms with van der Waals surface area (Å²) in [7, 11) is 0. The number of fused-ring (bicyclic) bond motifs is 1. The molecule has 214 valence electrons. The van der Waals surface area contributed by atoms with E-state index in [1.807, 2.05) is 37.6 Å². The molecule has 3 aromatic heterocycles. The van der Waals surface area contributed by atoms with Gasteiger partial charge in [0.1, 0.15) is 0 Å². The van der Waals surface area contributed by atoms with Crippen LogP contribution in [0, 0.1) is 6.92 Å². The molecule has 0 spiro atoms. The van der Waals surface area contributed by atoms with Gasteiger partial charge in [-0.3, -0.25) is 9.88 Å². The van der Waals surface area contributed by atoms with Crippen molar-refractivity contribution < 1.29 is 50.9 Å². The number of nitrogens with zero attached hydrogens (tertiary/aromatic N) is 5. The highest BCUT2D eigenvalue weighted by Gasteiger charge is 2.38. The number of rotatable bonds is 6. The third-order valence-electron chi connectivity index (χ3n) is 4.82. The molecular formula is C22H23F6N5O5S. The van der Waals surface area contributed by atoms with Crippen LogP contribution in [-0.2, 0) is 34.0 Å². The summed E-state index contributed by atoms with van der Waals surface area (Å²) in [6, 6.07) is 6.15. The average molecular weight is 584 g/mol. The van der Waals surface area contributed by atoms with E-state index in [2.05, 4.69) is 29.8 Å². The molecule has 0 radical (unpaired) electrons. The van der Waals surface area contributed by atoms with Gasteiger partial charge in [0.2, 0.25) is 0 Å². The maximum atomic E-state index is 10.6. The molecule has 3 aromatic rings. The quantitative estimate of drug-likeness (QED) is 0.412. The number of thiazole rings is 1. The second-order valence-electron chi connectivity index (χ2n) is 7.92. The van der Waals surface area contributed by atoms with Gasteiger partial charge >= 0.3 is 24.3 Å². The molecule has 1 aliphatic rings. The van der Waals surface area contributed by atoms with Crippen molar-refractivity contribution in [2.75, 3.05) is 13.2 Å². The molecule has 0 aromatic carbocycles. The minimum atomic E-state index is -5.08. The van der Waals surface area contributed by atoms with Crippen LogP contribution in [0.15, 0.2) is 42.3 Å². The summed E-state index contributed by atoms with van der Waals surface area (Å²) in [6.45, 7) is 5.93. The zero-order chi connectivity index (χ0) is 29.2. The van der Waals surface area contributed by atoms with Crippen LogP contribution in [0.5, 0.6) is 0 Å². The number of halogens is 6. The molecule has 17 heteroatoms. The van der Waals surface area contributed by atoms with Crippen molar-refractivity contribution in [3.05, 3.63) is 64.4 Å². The monoisotopic (exact) mass is 583 g/mol. The van der Waals surface area contributed by atoms with Crippen molar-refractivity contribution in [3.63, 3.8) is 0 Å². The Kier molecular flexibility index (Phi) is 11.4. The molecular weight excluding hydrogens is 560 g/mol. The van der Waals surface area contributed by atoms with Gasteiger partial charge in [0.15, 0.2) is 0 Å². The van der Waals surface area contributed by atoms with Gasteiger partial charge in [-0.2, -0.15) is 26.3 Å². The largest absolute Gasteiger partial charge is 0.490 e. The third-order valence-corrected chi connectivity index (χ3v) is 5.64. The smallest absolute Gasteiger partial charge is 0.475 e. The molecule has 0 saturated heterocycles. The Morgan fingerprint density at radius 3 is 2.26 bits per heavy atom. The summed E-state index contributed by atoms with van der Waals surface area (Å²) in [4.78, 5) is 33.4. The highest BCUT2D eigenvalue weighted by atomic mass is 32.1. The Morgan fingerprint density at radius 1 is 1.10 bits per heavy atom. The molecule has 2 N–H and O–H groups in total. The fourth-order valence-corrected chi connectivity index (χ4v) is 3.81. The van der Waals surface area contributed by atoms with E-state index in [9.17, 15) is 26.3 Å². The Labute approximate surface area is 221 Å². The molecule has 0 fully saturated rings. The first-order chi connectivity index (χ1) is 18.2. The summed E-state index contributed by atoms with van der Waals surface area (Å²) in [5, 5.41) is 17.5. The number of ether oxygens (including phenoxy) is 1. The summed E-state index contributed by atoms with van der Waals surface area (Å²) >= 11 is 1.71. The summed E-state index contributed by atoms with van der Waals surface area (Å²) < 4.78 is 71.6. The van der Waals surface area contributed by atoms with Gasteiger partial charge in [-0.05, 0) is 19.1 Å². The van der Waals surface area contributed by atoms with Crippen LogP contribution < -0.4 is 0 Å². The van der Waals surface area contributed by atoms with Crippen molar-refractivity contribution in [3.8, 4) is 0 Å². The van der Waals surface area contributed by atoms with Gasteiger partial charge in [0.25, 0.3) is 0 Å². The molecule has 1 unspecified atom stereocenters. The van der Waals surface area contributed by atoms with E-state index < -0.39 is 24.3 Å². The number of aliphatic carboxylic acids is 2. The van der Waals surface area contributed by atoms with Gasteiger partial charge in [-0.25, -0.2) is 19.6 Å². The molecule has 0 saturated carbocycles. The molecule has 0 aliphatic carbocycles. The second kappa shape index (κ2) is 14.0. The summed E-state index contributed by atoms with van der Waals surface area (Å²) in [5.41, 5.74) is 3.33. The number of aryl methyl sites for hydroxylation is 1.